The van der Waals surface area contributed by atoms with Crippen LogP contribution in [0.1, 0.15) is 50.7 Å². The highest BCUT2D eigenvalue weighted by Crippen LogP contribution is 2.21. The first-order valence-electron chi connectivity index (χ1n) is 11.6. The van der Waals surface area contributed by atoms with E-state index in [1.165, 1.54) is 18.2 Å². The van der Waals surface area contributed by atoms with E-state index in [4.69, 9.17) is 0 Å². The number of aromatic nitrogens is 2. The Morgan fingerprint density at radius 1 is 0.879 bits per heavy atom. The lowest BCUT2D eigenvalue weighted by Gasteiger charge is -2.21. The van der Waals surface area contributed by atoms with Crippen LogP contribution in [0.25, 0.3) is 11.1 Å². The Morgan fingerprint density at radius 2 is 1.48 bits per heavy atom. The van der Waals surface area contributed by atoms with Crippen molar-refractivity contribution in [1.29, 1.82) is 0 Å². The summed E-state index contributed by atoms with van der Waals surface area (Å²) in [5.74, 6) is -0.361. The minimum absolute atomic E-state index is 0.0183. The summed E-state index contributed by atoms with van der Waals surface area (Å²) in [6.45, 7) is 6.23. The summed E-state index contributed by atoms with van der Waals surface area (Å²) < 4.78 is 28.1. The van der Waals surface area contributed by atoms with Crippen molar-refractivity contribution in [3.63, 3.8) is 0 Å². The van der Waals surface area contributed by atoms with Crippen molar-refractivity contribution < 1.29 is 8.78 Å². The molecule has 2 aromatic carbocycles. The largest absolute Gasteiger partial charge is 0.341 e. The standard InChI is InChI=1S/C27H32F2N4/c1-4-16-33(17-5-2)27-31-18-22(19-32-27)21-14-12-20(13-15-21)8-6-11-25(30-3)26-23(28)9-7-10-24(26)29/h7,9-10,12-15,18-19H,4-6,8,11,16-17H2,1-3H3. The molecule has 0 amide bonds. The molecule has 0 aliphatic carbocycles. The van der Waals surface area contributed by atoms with Crippen LogP contribution in [0, 0.1) is 11.6 Å². The predicted octanol–water partition coefficient (Wildman–Crippen LogP) is 6.49. The van der Waals surface area contributed by atoms with Crippen LogP contribution in [0.5, 0.6) is 0 Å². The van der Waals surface area contributed by atoms with Crippen LogP contribution in [0.15, 0.2) is 59.9 Å². The molecule has 6 heteroatoms. The molecule has 0 radical (unpaired) electrons. The third-order valence-corrected chi connectivity index (χ3v) is 5.60. The molecule has 0 atom stereocenters. The lowest BCUT2D eigenvalue weighted by molar-refractivity contribution is 0.577. The second-order valence-corrected chi connectivity index (χ2v) is 8.08. The molecule has 1 heterocycles. The Bertz CT molecular complexity index is 1020. The number of benzene rings is 2. The third-order valence-electron chi connectivity index (χ3n) is 5.60. The summed E-state index contributed by atoms with van der Waals surface area (Å²) in [4.78, 5) is 15.5. The zero-order valence-corrected chi connectivity index (χ0v) is 19.7. The van der Waals surface area contributed by atoms with E-state index < -0.39 is 11.6 Å². The molecule has 33 heavy (non-hydrogen) atoms. The van der Waals surface area contributed by atoms with Crippen molar-refractivity contribution in [2.45, 2.75) is 46.0 Å². The SMILES string of the molecule is CCCN(CCC)c1ncc(-c2ccc(CCCC(=NC)c3c(F)cccc3F)cc2)cn1. The quantitative estimate of drug-likeness (QED) is 0.314. The first kappa shape index (κ1) is 24.5. The predicted molar refractivity (Wildman–Crippen MR) is 132 cm³/mol. The average molecular weight is 451 g/mol. The monoisotopic (exact) mass is 450 g/mol. The maximum atomic E-state index is 14.1. The maximum absolute atomic E-state index is 14.1. The van der Waals surface area contributed by atoms with E-state index in [9.17, 15) is 8.78 Å². The van der Waals surface area contributed by atoms with Gasteiger partial charge in [0.1, 0.15) is 11.6 Å². The fraction of sp³-hybridized carbons (Fsp3) is 0.370. The number of halogens is 2. The van der Waals surface area contributed by atoms with Gasteiger partial charge in [-0.3, -0.25) is 4.99 Å². The van der Waals surface area contributed by atoms with Crippen LogP contribution in [-0.2, 0) is 6.42 Å². The van der Waals surface area contributed by atoms with Gasteiger partial charge in [0.2, 0.25) is 5.95 Å². The Morgan fingerprint density at radius 3 is 2.03 bits per heavy atom. The Balaban J connectivity index is 1.60. The van der Waals surface area contributed by atoms with Gasteiger partial charge in [0, 0.05) is 43.8 Å². The van der Waals surface area contributed by atoms with E-state index in [-0.39, 0.29) is 5.56 Å². The smallest absolute Gasteiger partial charge is 0.225 e. The summed E-state index contributed by atoms with van der Waals surface area (Å²) in [5, 5.41) is 0. The zero-order chi connectivity index (χ0) is 23.6. The molecule has 4 nitrogen and oxygen atoms in total. The Labute approximate surface area is 195 Å². The third kappa shape index (κ3) is 6.44. The van der Waals surface area contributed by atoms with Crippen molar-refractivity contribution in [2.24, 2.45) is 4.99 Å². The van der Waals surface area contributed by atoms with Gasteiger partial charge in [-0.05, 0) is 55.4 Å². The Kier molecular flexibility index (Phi) is 9.04. The van der Waals surface area contributed by atoms with Crippen molar-refractivity contribution in [1.82, 2.24) is 9.97 Å². The molecule has 1 aromatic heterocycles. The first-order chi connectivity index (χ1) is 16.1. The molecule has 0 saturated carbocycles. The fourth-order valence-electron chi connectivity index (χ4n) is 3.93. The number of aliphatic imine (C=N–C) groups is 1. The van der Waals surface area contributed by atoms with Gasteiger partial charge < -0.3 is 4.90 Å². The number of nitrogens with zero attached hydrogens (tertiary/aromatic N) is 4. The van der Waals surface area contributed by atoms with Gasteiger partial charge in [0.25, 0.3) is 0 Å². The van der Waals surface area contributed by atoms with Crippen LogP contribution >= 0.6 is 0 Å². The molecule has 0 aliphatic rings. The molecule has 0 fully saturated rings. The summed E-state index contributed by atoms with van der Waals surface area (Å²) in [6.07, 6.45) is 7.94. The normalized spacial score (nSPS) is 11.6. The molecule has 0 saturated heterocycles. The van der Waals surface area contributed by atoms with Crippen molar-refractivity contribution in [3.05, 3.63) is 77.6 Å². The summed E-state index contributed by atoms with van der Waals surface area (Å²) in [5.41, 5.74) is 3.65. The van der Waals surface area contributed by atoms with Crippen molar-refractivity contribution in [2.75, 3.05) is 25.0 Å². The lowest BCUT2D eigenvalue weighted by atomic mass is 9.99. The first-order valence-corrected chi connectivity index (χ1v) is 11.6. The summed E-state index contributed by atoms with van der Waals surface area (Å²) >= 11 is 0. The topological polar surface area (TPSA) is 41.4 Å². The van der Waals surface area contributed by atoms with Gasteiger partial charge in [0.15, 0.2) is 0 Å². The molecule has 0 spiro atoms. The van der Waals surface area contributed by atoms with Crippen LogP contribution in [-0.4, -0.2) is 35.8 Å². The molecular formula is C27H32F2N4. The van der Waals surface area contributed by atoms with Gasteiger partial charge in [-0.15, -0.1) is 0 Å². The highest BCUT2D eigenvalue weighted by Gasteiger charge is 2.14. The fourth-order valence-corrected chi connectivity index (χ4v) is 3.93. The van der Waals surface area contributed by atoms with Crippen LogP contribution < -0.4 is 4.90 Å². The van der Waals surface area contributed by atoms with E-state index in [2.05, 4.69) is 58.0 Å². The van der Waals surface area contributed by atoms with Crippen molar-refractivity contribution in [3.8, 4) is 11.1 Å². The van der Waals surface area contributed by atoms with Crippen LogP contribution in [0.3, 0.4) is 0 Å². The van der Waals surface area contributed by atoms with Crippen LogP contribution in [0.4, 0.5) is 14.7 Å². The molecule has 0 unspecified atom stereocenters. The van der Waals surface area contributed by atoms with Gasteiger partial charge >= 0.3 is 0 Å². The number of aryl methyl sites for hydroxylation is 1. The van der Waals surface area contributed by atoms with Gasteiger partial charge in [-0.1, -0.05) is 44.2 Å². The second-order valence-electron chi connectivity index (χ2n) is 8.08. The molecule has 3 aromatic rings. The zero-order valence-electron chi connectivity index (χ0n) is 19.7. The van der Waals surface area contributed by atoms with E-state index in [1.54, 1.807) is 7.05 Å². The van der Waals surface area contributed by atoms with Crippen molar-refractivity contribution >= 4 is 11.7 Å². The van der Waals surface area contributed by atoms with Crippen LogP contribution in [0.2, 0.25) is 0 Å². The highest BCUT2D eigenvalue weighted by atomic mass is 19.1. The molecule has 3 rings (SSSR count). The number of hydrogen-bond acceptors (Lipinski definition) is 4. The van der Waals surface area contributed by atoms with Gasteiger partial charge in [-0.2, -0.15) is 0 Å². The minimum atomic E-state index is -0.569. The molecular weight excluding hydrogens is 418 g/mol. The van der Waals surface area contributed by atoms with E-state index in [0.717, 1.165) is 61.4 Å². The van der Waals surface area contributed by atoms with Gasteiger partial charge in [-0.25, -0.2) is 18.7 Å². The number of rotatable bonds is 11. The second kappa shape index (κ2) is 12.2. The summed E-state index contributed by atoms with van der Waals surface area (Å²) in [7, 11) is 1.58. The van der Waals surface area contributed by atoms with E-state index in [1.807, 2.05) is 12.4 Å². The lowest BCUT2D eigenvalue weighted by Crippen LogP contribution is -2.26. The highest BCUT2D eigenvalue weighted by molar-refractivity contribution is 6.01. The molecule has 174 valence electrons. The number of hydrogen-bond donors (Lipinski definition) is 0. The summed E-state index contributed by atoms with van der Waals surface area (Å²) in [6, 6.07) is 12.2. The molecule has 0 aliphatic heterocycles. The maximum Gasteiger partial charge on any atom is 0.225 e. The Hall–Kier alpha value is -3.15. The van der Waals surface area contributed by atoms with E-state index >= 15 is 0 Å². The number of anilines is 1. The molecule has 0 N–H and O–H groups in total. The average Bonchev–Trinajstić information content (AvgIpc) is 2.83. The van der Waals surface area contributed by atoms with Gasteiger partial charge in [0.05, 0.1) is 5.56 Å². The molecule has 0 bridgehead atoms. The van der Waals surface area contributed by atoms with E-state index in [0.29, 0.717) is 12.1 Å². The minimum Gasteiger partial charge on any atom is -0.341 e.